The molecule has 0 aliphatic heterocycles. The van der Waals surface area contributed by atoms with Crippen molar-refractivity contribution in [1.82, 2.24) is 4.98 Å². The Kier molecular flexibility index (Phi) is 1.97. The number of oxazole rings is 1. The summed E-state index contributed by atoms with van der Waals surface area (Å²) in [6, 6.07) is 8.08. The zero-order chi connectivity index (χ0) is 11.1. The lowest BCUT2D eigenvalue weighted by Gasteiger charge is -1.95. The summed E-state index contributed by atoms with van der Waals surface area (Å²) in [6.07, 6.45) is 0. The quantitative estimate of drug-likeness (QED) is 0.696. The van der Waals surface area contributed by atoms with Gasteiger partial charge in [-0.2, -0.15) is 0 Å². The lowest BCUT2D eigenvalue weighted by Crippen LogP contribution is -1.80. The molecular weight excluding hydrogens is 220 g/mol. The first kappa shape index (κ1) is 9.42. The molecule has 0 saturated carbocycles. The highest BCUT2D eigenvalue weighted by Gasteiger charge is 2.11. The van der Waals surface area contributed by atoms with Gasteiger partial charge >= 0.3 is 0 Å². The Bertz CT molecular complexity index is 637. The number of nitrogens with two attached hydrogens (primary N) is 1. The van der Waals surface area contributed by atoms with Crippen molar-refractivity contribution < 1.29 is 4.42 Å². The molecule has 0 aliphatic rings. The number of hydrogen-bond donors (Lipinski definition) is 1. The van der Waals surface area contributed by atoms with Gasteiger partial charge in [-0.15, -0.1) is 11.3 Å². The number of nitrogens with zero attached hydrogens (tertiary/aromatic N) is 1. The van der Waals surface area contributed by atoms with Crippen LogP contribution in [-0.2, 0) is 0 Å². The Morgan fingerprint density at radius 1 is 1.25 bits per heavy atom. The van der Waals surface area contributed by atoms with Gasteiger partial charge < -0.3 is 10.2 Å². The normalized spacial score (nSPS) is 11.1. The topological polar surface area (TPSA) is 52.0 Å². The van der Waals surface area contributed by atoms with Gasteiger partial charge in [0.15, 0.2) is 5.58 Å². The molecule has 2 N–H and O–H groups in total. The second-order valence-electron chi connectivity index (χ2n) is 3.70. The highest BCUT2D eigenvalue weighted by atomic mass is 32.1. The lowest BCUT2D eigenvalue weighted by atomic mass is 10.1. The molecule has 0 atom stereocenters. The maximum atomic E-state index is 5.79. The number of thiophene rings is 1. The van der Waals surface area contributed by atoms with Crippen molar-refractivity contribution >= 4 is 27.4 Å². The van der Waals surface area contributed by atoms with Crippen LogP contribution in [0, 0.1) is 6.92 Å². The van der Waals surface area contributed by atoms with Crippen molar-refractivity contribution in [3.63, 3.8) is 0 Å². The predicted octanol–water partition coefficient (Wildman–Crippen LogP) is 3.45. The van der Waals surface area contributed by atoms with E-state index in [9.17, 15) is 0 Å². The number of rotatable bonds is 1. The third-order valence-electron chi connectivity index (χ3n) is 2.48. The molecule has 0 amide bonds. The summed E-state index contributed by atoms with van der Waals surface area (Å²) < 4.78 is 5.63. The highest BCUT2D eigenvalue weighted by Crippen LogP contribution is 2.31. The van der Waals surface area contributed by atoms with Crippen LogP contribution in [0.1, 0.15) is 5.56 Å². The van der Waals surface area contributed by atoms with Crippen LogP contribution in [0.5, 0.6) is 0 Å². The Labute approximate surface area is 96.5 Å². The van der Waals surface area contributed by atoms with E-state index in [2.05, 4.69) is 11.9 Å². The van der Waals surface area contributed by atoms with E-state index in [1.807, 2.05) is 29.6 Å². The van der Waals surface area contributed by atoms with Crippen LogP contribution >= 0.6 is 11.3 Å². The minimum absolute atomic E-state index is 0.629. The van der Waals surface area contributed by atoms with Crippen molar-refractivity contribution in [3.8, 4) is 11.5 Å². The van der Waals surface area contributed by atoms with E-state index in [0.717, 1.165) is 16.7 Å². The van der Waals surface area contributed by atoms with Gasteiger partial charge in [0, 0.05) is 10.9 Å². The molecule has 0 fully saturated rings. The smallest absolute Gasteiger partial charge is 0.227 e. The van der Waals surface area contributed by atoms with E-state index in [1.54, 1.807) is 0 Å². The molecule has 0 saturated heterocycles. The minimum atomic E-state index is 0.629. The first-order chi connectivity index (χ1) is 7.74. The number of anilines is 1. The Morgan fingerprint density at radius 3 is 2.69 bits per heavy atom. The summed E-state index contributed by atoms with van der Waals surface area (Å²) in [5.74, 6) is 0.629. The van der Waals surface area contributed by atoms with Gasteiger partial charge in [0.2, 0.25) is 5.89 Å². The molecule has 0 aliphatic carbocycles. The molecule has 0 spiro atoms. The zero-order valence-corrected chi connectivity index (χ0v) is 9.54. The molecule has 1 aromatic carbocycles. The van der Waals surface area contributed by atoms with Gasteiger partial charge in [-0.3, -0.25) is 0 Å². The van der Waals surface area contributed by atoms with Crippen molar-refractivity contribution in [2.75, 3.05) is 5.73 Å². The Morgan fingerprint density at radius 2 is 2.00 bits per heavy atom. The van der Waals surface area contributed by atoms with E-state index in [0.29, 0.717) is 10.9 Å². The van der Waals surface area contributed by atoms with Crippen molar-refractivity contribution in [3.05, 3.63) is 35.2 Å². The standard InChI is InChI=1S/C12H10N2OS/c1-7-2-4-8(5-3-7)12-14-10-9(15-12)6-16-11(10)13/h2-6H,13H2,1H3. The molecule has 0 unspecified atom stereocenters. The molecule has 3 aromatic rings. The number of aromatic nitrogens is 1. The molecule has 0 radical (unpaired) electrons. The number of hydrogen-bond acceptors (Lipinski definition) is 4. The fraction of sp³-hybridized carbons (Fsp3) is 0.0833. The maximum Gasteiger partial charge on any atom is 0.227 e. The minimum Gasteiger partial charge on any atom is -0.435 e. The Hall–Kier alpha value is -1.81. The number of benzene rings is 1. The first-order valence-corrected chi connectivity index (χ1v) is 5.82. The van der Waals surface area contributed by atoms with Crippen LogP contribution in [0.25, 0.3) is 22.6 Å². The molecule has 3 rings (SSSR count). The molecule has 0 bridgehead atoms. The van der Waals surface area contributed by atoms with Gasteiger partial charge in [0.25, 0.3) is 0 Å². The summed E-state index contributed by atoms with van der Waals surface area (Å²) >= 11 is 1.45. The Balaban J connectivity index is 2.15. The molecule has 2 aromatic heterocycles. The lowest BCUT2D eigenvalue weighted by molar-refractivity contribution is 0.621. The van der Waals surface area contributed by atoms with E-state index in [-0.39, 0.29) is 0 Å². The monoisotopic (exact) mass is 230 g/mol. The number of nitrogen functional groups attached to an aromatic ring is 1. The summed E-state index contributed by atoms with van der Waals surface area (Å²) in [5.41, 5.74) is 9.51. The number of aryl methyl sites for hydroxylation is 1. The van der Waals surface area contributed by atoms with Gasteiger partial charge in [-0.05, 0) is 19.1 Å². The van der Waals surface area contributed by atoms with Gasteiger partial charge in [0.05, 0.1) is 0 Å². The van der Waals surface area contributed by atoms with E-state index in [4.69, 9.17) is 10.2 Å². The third kappa shape index (κ3) is 1.39. The van der Waals surface area contributed by atoms with Gasteiger partial charge in [-0.25, -0.2) is 4.98 Å². The van der Waals surface area contributed by atoms with Gasteiger partial charge in [0.1, 0.15) is 10.5 Å². The van der Waals surface area contributed by atoms with Crippen molar-refractivity contribution in [2.45, 2.75) is 6.92 Å². The van der Waals surface area contributed by atoms with Crippen LogP contribution in [-0.4, -0.2) is 4.98 Å². The third-order valence-corrected chi connectivity index (χ3v) is 3.26. The average Bonchev–Trinajstić information content (AvgIpc) is 2.83. The molecule has 16 heavy (non-hydrogen) atoms. The van der Waals surface area contributed by atoms with Crippen molar-refractivity contribution in [1.29, 1.82) is 0 Å². The highest BCUT2D eigenvalue weighted by molar-refractivity contribution is 7.15. The fourth-order valence-electron chi connectivity index (χ4n) is 1.58. The molecule has 2 heterocycles. The summed E-state index contributed by atoms with van der Waals surface area (Å²) in [6.45, 7) is 2.05. The van der Waals surface area contributed by atoms with Crippen molar-refractivity contribution in [2.24, 2.45) is 0 Å². The maximum absolute atomic E-state index is 5.79. The summed E-state index contributed by atoms with van der Waals surface area (Å²) in [7, 11) is 0. The largest absolute Gasteiger partial charge is 0.435 e. The fourth-order valence-corrected chi connectivity index (χ4v) is 2.23. The van der Waals surface area contributed by atoms with E-state index >= 15 is 0 Å². The second kappa shape index (κ2) is 3.35. The summed E-state index contributed by atoms with van der Waals surface area (Å²) in [4.78, 5) is 4.39. The van der Waals surface area contributed by atoms with Crippen LogP contribution < -0.4 is 5.73 Å². The molecule has 3 nitrogen and oxygen atoms in total. The first-order valence-electron chi connectivity index (χ1n) is 4.94. The zero-order valence-electron chi connectivity index (χ0n) is 8.73. The van der Waals surface area contributed by atoms with E-state index < -0.39 is 0 Å². The average molecular weight is 230 g/mol. The molecule has 80 valence electrons. The molecular formula is C12H10N2OS. The van der Waals surface area contributed by atoms with Crippen LogP contribution in [0.3, 0.4) is 0 Å². The van der Waals surface area contributed by atoms with Crippen LogP contribution in [0.15, 0.2) is 34.1 Å². The second-order valence-corrected chi connectivity index (χ2v) is 4.61. The van der Waals surface area contributed by atoms with Crippen LogP contribution in [0.4, 0.5) is 5.00 Å². The van der Waals surface area contributed by atoms with Crippen LogP contribution in [0.2, 0.25) is 0 Å². The van der Waals surface area contributed by atoms with E-state index in [1.165, 1.54) is 16.9 Å². The molecule has 4 heteroatoms. The number of fused-ring (bicyclic) bond motifs is 1. The predicted molar refractivity (Wildman–Crippen MR) is 66.5 cm³/mol. The van der Waals surface area contributed by atoms with Gasteiger partial charge in [-0.1, -0.05) is 17.7 Å². The SMILES string of the molecule is Cc1ccc(-c2nc3c(N)scc3o2)cc1. The summed E-state index contributed by atoms with van der Waals surface area (Å²) in [5, 5.41) is 2.59.